The highest BCUT2D eigenvalue weighted by atomic mass is 32.2. The fourth-order valence-electron chi connectivity index (χ4n) is 5.02. The maximum atomic E-state index is 15.0. The minimum absolute atomic E-state index is 0.0247. The molecule has 0 saturated carbocycles. The van der Waals surface area contributed by atoms with Gasteiger partial charge in [0.15, 0.2) is 9.84 Å². The van der Waals surface area contributed by atoms with Gasteiger partial charge in [-0.3, -0.25) is 9.62 Å². The summed E-state index contributed by atoms with van der Waals surface area (Å²) in [5.41, 5.74) is 0.399. The SMILES string of the molecule is C[C@H]1COC[C@H](C)N1CC1CCN(c2c(F)cccc2NS(=O)(=O)c2ccc(S(C)(=O)=O)cc2)CC1. The largest absolute Gasteiger partial charge is 0.378 e. The molecule has 0 amide bonds. The van der Waals surface area contributed by atoms with Crippen LogP contribution in [0.5, 0.6) is 0 Å². The molecule has 11 heteroatoms. The van der Waals surface area contributed by atoms with E-state index in [2.05, 4.69) is 23.5 Å². The number of halogens is 1. The molecular weight excluding hydrogens is 505 g/mol. The summed E-state index contributed by atoms with van der Waals surface area (Å²) < 4.78 is 72.6. The van der Waals surface area contributed by atoms with Crippen molar-refractivity contribution in [2.45, 2.75) is 48.6 Å². The van der Waals surface area contributed by atoms with E-state index in [0.29, 0.717) is 31.1 Å². The van der Waals surface area contributed by atoms with E-state index in [1.54, 1.807) is 6.07 Å². The van der Waals surface area contributed by atoms with E-state index >= 15 is 4.39 Å². The average Bonchev–Trinajstić information content (AvgIpc) is 2.82. The topological polar surface area (TPSA) is 96.0 Å². The summed E-state index contributed by atoms with van der Waals surface area (Å²) >= 11 is 0. The molecule has 2 atom stereocenters. The zero-order chi connectivity index (χ0) is 26.1. The second-order valence-corrected chi connectivity index (χ2v) is 13.5. The molecule has 0 spiro atoms. The van der Waals surface area contributed by atoms with E-state index in [4.69, 9.17) is 4.74 Å². The zero-order valence-corrected chi connectivity index (χ0v) is 22.5. The predicted molar refractivity (Wildman–Crippen MR) is 138 cm³/mol. The van der Waals surface area contributed by atoms with Crippen LogP contribution >= 0.6 is 0 Å². The van der Waals surface area contributed by atoms with Gasteiger partial charge in [0.2, 0.25) is 0 Å². The Bertz CT molecular complexity index is 1270. The Morgan fingerprint density at radius 1 is 0.944 bits per heavy atom. The Hall–Kier alpha value is -2.21. The first-order valence-corrected chi connectivity index (χ1v) is 15.5. The van der Waals surface area contributed by atoms with Crippen molar-refractivity contribution in [3.63, 3.8) is 0 Å². The van der Waals surface area contributed by atoms with Gasteiger partial charge >= 0.3 is 0 Å². The standard InChI is InChI=1S/C25H34FN3O5S2/c1-18-16-34-17-19(2)29(18)15-20-11-13-28(14-12-20)25-23(26)5-4-6-24(25)27-36(32,33)22-9-7-21(8-10-22)35(3,30)31/h4-10,18-20,27H,11-17H2,1-3H3/t18-,19-/m0/s1. The molecule has 0 unspecified atom stereocenters. The molecule has 0 bridgehead atoms. The number of sulfone groups is 1. The molecule has 2 heterocycles. The van der Waals surface area contributed by atoms with Gasteiger partial charge in [-0.05, 0) is 69.0 Å². The Balaban J connectivity index is 1.47. The molecule has 2 aromatic rings. The van der Waals surface area contributed by atoms with Crippen molar-refractivity contribution in [2.75, 3.05) is 48.7 Å². The number of nitrogens with one attached hydrogen (secondary N) is 1. The van der Waals surface area contributed by atoms with Gasteiger partial charge < -0.3 is 9.64 Å². The predicted octanol–water partition coefficient (Wildman–Crippen LogP) is 3.36. The molecule has 4 rings (SSSR count). The highest BCUT2D eigenvalue weighted by Crippen LogP contribution is 2.34. The number of rotatable bonds is 7. The van der Waals surface area contributed by atoms with Crippen molar-refractivity contribution in [2.24, 2.45) is 5.92 Å². The van der Waals surface area contributed by atoms with Crippen LogP contribution in [0.2, 0.25) is 0 Å². The number of hydrogen-bond acceptors (Lipinski definition) is 7. The number of morpholine rings is 1. The number of nitrogens with zero attached hydrogens (tertiary/aromatic N) is 2. The van der Waals surface area contributed by atoms with Crippen LogP contribution in [0, 0.1) is 11.7 Å². The summed E-state index contributed by atoms with van der Waals surface area (Å²) in [7, 11) is -7.50. The van der Waals surface area contributed by atoms with Crippen LogP contribution in [0.25, 0.3) is 0 Å². The van der Waals surface area contributed by atoms with Gasteiger partial charge in [0.1, 0.15) is 5.82 Å². The van der Waals surface area contributed by atoms with Crippen molar-refractivity contribution in [1.29, 1.82) is 0 Å². The van der Waals surface area contributed by atoms with Gasteiger partial charge in [0.05, 0.1) is 34.4 Å². The maximum absolute atomic E-state index is 15.0. The van der Waals surface area contributed by atoms with E-state index in [9.17, 15) is 16.8 Å². The molecule has 2 fully saturated rings. The van der Waals surface area contributed by atoms with Crippen molar-refractivity contribution >= 4 is 31.2 Å². The molecule has 1 N–H and O–H groups in total. The number of piperidine rings is 1. The number of hydrogen-bond donors (Lipinski definition) is 1. The minimum atomic E-state index is -4.05. The molecule has 0 aliphatic carbocycles. The Labute approximate surface area is 213 Å². The lowest BCUT2D eigenvalue weighted by atomic mass is 9.94. The lowest BCUT2D eigenvalue weighted by Gasteiger charge is -2.43. The van der Waals surface area contributed by atoms with E-state index < -0.39 is 25.7 Å². The summed E-state index contributed by atoms with van der Waals surface area (Å²) in [6.07, 6.45) is 2.81. The number of sulfonamides is 1. The lowest BCUT2D eigenvalue weighted by molar-refractivity contribution is -0.0444. The summed E-state index contributed by atoms with van der Waals surface area (Å²) in [5, 5.41) is 0. The lowest BCUT2D eigenvalue weighted by Crippen LogP contribution is -2.52. The van der Waals surface area contributed by atoms with E-state index in [-0.39, 0.29) is 21.2 Å². The summed E-state index contributed by atoms with van der Waals surface area (Å²) in [5.74, 6) is -0.0129. The van der Waals surface area contributed by atoms with Crippen LogP contribution in [-0.2, 0) is 24.6 Å². The number of ether oxygens (including phenoxy) is 1. The van der Waals surface area contributed by atoms with Gasteiger partial charge in [-0.2, -0.15) is 0 Å². The first kappa shape index (κ1) is 26.8. The molecular formula is C25H34FN3O5S2. The minimum Gasteiger partial charge on any atom is -0.378 e. The summed E-state index contributed by atoms with van der Waals surface area (Å²) in [6.45, 7) is 8.04. The molecule has 8 nitrogen and oxygen atoms in total. The van der Waals surface area contributed by atoms with E-state index in [0.717, 1.165) is 38.9 Å². The van der Waals surface area contributed by atoms with Crippen LogP contribution in [0.4, 0.5) is 15.8 Å². The highest BCUT2D eigenvalue weighted by Gasteiger charge is 2.31. The normalized spacial score (nSPS) is 22.5. The zero-order valence-electron chi connectivity index (χ0n) is 20.9. The van der Waals surface area contributed by atoms with Crippen molar-refractivity contribution in [3.05, 3.63) is 48.3 Å². The van der Waals surface area contributed by atoms with E-state index in [1.165, 1.54) is 36.4 Å². The Morgan fingerprint density at radius 3 is 2.11 bits per heavy atom. The first-order valence-electron chi connectivity index (χ1n) is 12.2. The third kappa shape index (κ3) is 6.01. The molecule has 2 saturated heterocycles. The van der Waals surface area contributed by atoms with E-state index in [1.807, 2.05) is 4.90 Å². The number of benzene rings is 2. The van der Waals surface area contributed by atoms with Crippen molar-refractivity contribution in [3.8, 4) is 0 Å². The highest BCUT2D eigenvalue weighted by molar-refractivity contribution is 7.92. The number of para-hydroxylation sites is 1. The van der Waals surface area contributed by atoms with Gasteiger partial charge in [-0.25, -0.2) is 21.2 Å². The van der Waals surface area contributed by atoms with Crippen molar-refractivity contribution in [1.82, 2.24) is 4.90 Å². The third-order valence-corrected chi connectivity index (χ3v) is 9.55. The molecule has 2 aliphatic rings. The molecule has 2 aliphatic heterocycles. The molecule has 0 radical (unpaired) electrons. The fraction of sp³-hybridized carbons (Fsp3) is 0.520. The van der Waals surface area contributed by atoms with Gasteiger partial charge in [0.25, 0.3) is 10.0 Å². The second-order valence-electron chi connectivity index (χ2n) is 9.85. The first-order chi connectivity index (χ1) is 17.0. The molecule has 2 aromatic carbocycles. The fourth-order valence-corrected chi connectivity index (χ4v) is 6.72. The molecule has 36 heavy (non-hydrogen) atoms. The van der Waals surface area contributed by atoms with Crippen LogP contribution in [0.3, 0.4) is 0 Å². The van der Waals surface area contributed by atoms with Gasteiger partial charge in [0, 0.05) is 38.0 Å². The van der Waals surface area contributed by atoms with Gasteiger partial charge in [-0.1, -0.05) is 6.07 Å². The smallest absolute Gasteiger partial charge is 0.261 e. The monoisotopic (exact) mass is 539 g/mol. The van der Waals surface area contributed by atoms with Gasteiger partial charge in [-0.15, -0.1) is 0 Å². The Kier molecular flexibility index (Phi) is 7.94. The van der Waals surface area contributed by atoms with Crippen LogP contribution in [0.1, 0.15) is 26.7 Å². The number of anilines is 2. The molecule has 198 valence electrons. The second kappa shape index (κ2) is 10.6. The summed E-state index contributed by atoms with van der Waals surface area (Å²) in [6, 6.07) is 10.0. The van der Waals surface area contributed by atoms with Crippen LogP contribution in [-0.4, -0.2) is 72.9 Å². The third-order valence-electron chi connectivity index (χ3n) is 7.04. The average molecular weight is 540 g/mol. The summed E-state index contributed by atoms with van der Waals surface area (Å²) in [4.78, 5) is 4.32. The van der Waals surface area contributed by atoms with Crippen LogP contribution in [0.15, 0.2) is 52.3 Å². The van der Waals surface area contributed by atoms with Crippen LogP contribution < -0.4 is 9.62 Å². The maximum Gasteiger partial charge on any atom is 0.261 e. The Morgan fingerprint density at radius 2 is 1.53 bits per heavy atom. The van der Waals surface area contributed by atoms with Crippen molar-refractivity contribution < 1.29 is 26.0 Å². The molecule has 0 aromatic heterocycles. The quantitative estimate of drug-likeness (QED) is 0.577.